The van der Waals surface area contributed by atoms with Gasteiger partial charge in [-0.05, 0) is 101 Å². The van der Waals surface area contributed by atoms with Crippen LogP contribution in [0.4, 0.5) is 0 Å². The molecular formula is C52H54N2O9S. The fraction of sp³-hybridized carbons (Fsp3) is 0.500. The monoisotopic (exact) mass is 882 g/mol. The van der Waals surface area contributed by atoms with E-state index >= 15 is 0 Å². The van der Waals surface area contributed by atoms with Gasteiger partial charge < -0.3 is 46.1 Å². The molecule has 2 unspecified atom stereocenters. The van der Waals surface area contributed by atoms with Gasteiger partial charge in [0.25, 0.3) is 0 Å². The average Bonchev–Trinajstić information content (AvgIpc) is 3.28. The number of carbonyl (C=O) groups is 2. The van der Waals surface area contributed by atoms with Crippen LogP contribution in [0.15, 0.2) is 0 Å². The predicted molar refractivity (Wildman–Crippen MR) is 248 cm³/mol. The largest absolute Gasteiger partial charge is 0.390 e. The Morgan fingerprint density at radius 3 is 1.55 bits per heavy atom. The molecule has 0 aromatic heterocycles. The van der Waals surface area contributed by atoms with Gasteiger partial charge in [0.1, 0.15) is 24.4 Å². The topological polar surface area (TPSA) is 192 Å². The van der Waals surface area contributed by atoms with E-state index in [4.69, 9.17) is 21.6 Å². The Kier molecular flexibility index (Phi) is 33.5. The van der Waals surface area contributed by atoms with Crippen molar-refractivity contribution in [2.45, 2.75) is 146 Å². The van der Waals surface area contributed by atoms with Crippen molar-refractivity contribution >= 4 is 23.6 Å². The molecule has 1 fully saturated rings. The van der Waals surface area contributed by atoms with Crippen molar-refractivity contribution in [2.75, 3.05) is 18.1 Å². The molecule has 1 aliphatic heterocycles. The molecule has 1 aliphatic rings. The summed E-state index contributed by atoms with van der Waals surface area (Å²) in [5.41, 5.74) is 5.19. The number of amides is 2. The van der Waals surface area contributed by atoms with E-state index in [1.807, 2.05) is 0 Å². The Bertz CT molecular complexity index is 2260. The van der Waals surface area contributed by atoms with Crippen LogP contribution in [0.2, 0.25) is 0 Å². The summed E-state index contributed by atoms with van der Waals surface area (Å²) in [5.74, 6) is 55.3. The highest BCUT2D eigenvalue weighted by molar-refractivity contribution is 7.99. The van der Waals surface area contributed by atoms with E-state index in [9.17, 15) is 35.1 Å². The Hall–Kier alpha value is -6.27. The maximum atomic E-state index is 12.9. The fourth-order valence-electron chi connectivity index (χ4n) is 5.58. The van der Waals surface area contributed by atoms with Gasteiger partial charge in [-0.3, -0.25) is 9.59 Å². The van der Waals surface area contributed by atoms with E-state index < -0.39 is 67.4 Å². The quantitative estimate of drug-likeness (QED) is 0.0551. The number of primary amides is 1. The van der Waals surface area contributed by atoms with E-state index in [1.165, 1.54) is 44.9 Å². The molecule has 1 saturated heterocycles. The van der Waals surface area contributed by atoms with Crippen LogP contribution in [-0.2, 0) is 19.1 Å². The summed E-state index contributed by atoms with van der Waals surface area (Å²) in [7, 11) is 0. The van der Waals surface area contributed by atoms with Gasteiger partial charge in [-0.15, -0.1) is 18.2 Å². The minimum atomic E-state index is -1.68. The van der Waals surface area contributed by atoms with Crippen molar-refractivity contribution in [3.05, 3.63) is 0 Å². The van der Waals surface area contributed by atoms with E-state index in [2.05, 4.69) is 148 Å². The minimum Gasteiger partial charge on any atom is -0.390 e. The molecule has 8 atom stereocenters. The van der Waals surface area contributed by atoms with Gasteiger partial charge in [-0.1, -0.05) is 89.9 Å². The molecule has 332 valence electrons. The molecule has 0 saturated carbocycles. The normalized spacial score (nSPS) is 17.4. The highest BCUT2D eigenvalue weighted by atomic mass is 32.2. The highest BCUT2D eigenvalue weighted by Crippen LogP contribution is 2.25. The number of ether oxygens (including phenoxy) is 2. The highest BCUT2D eigenvalue weighted by Gasteiger charge is 2.44. The minimum absolute atomic E-state index is 0.0519. The number of hydrogen-bond acceptors (Lipinski definition) is 10. The summed E-state index contributed by atoms with van der Waals surface area (Å²) in [6.45, 7) is 1.77. The first-order valence-corrected chi connectivity index (χ1v) is 22.0. The molecule has 0 radical (unpaired) electrons. The molecule has 12 heteroatoms. The number of thioether (sulfide) groups is 1. The van der Waals surface area contributed by atoms with E-state index in [-0.39, 0.29) is 24.3 Å². The van der Waals surface area contributed by atoms with Crippen LogP contribution in [0.1, 0.15) is 96.8 Å². The molecule has 0 aliphatic carbocycles. The molecular weight excluding hydrogens is 829 g/mol. The van der Waals surface area contributed by atoms with Crippen molar-refractivity contribution < 1.29 is 44.6 Å². The summed E-state index contributed by atoms with van der Waals surface area (Å²) >= 11 is 1.06. The molecule has 0 aromatic carbocycles. The van der Waals surface area contributed by atoms with Crippen LogP contribution in [0, 0.1) is 143 Å². The molecule has 11 nitrogen and oxygen atoms in total. The van der Waals surface area contributed by atoms with Gasteiger partial charge in [-0.2, -0.15) is 0 Å². The Morgan fingerprint density at radius 1 is 0.656 bits per heavy atom. The zero-order valence-electron chi connectivity index (χ0n) is 36.1. The first kappa shape index (κ1) is 55.7. The summed E-state index contributed by atoms with van der Waals surface area (Å²) in [6, 6.07) is -1.18. The zero-order valence-corrected chi connectivity index (χ0v) is 36.9. The lowest BCUT2D eigenvalue weighted by Gasteiger charge is -2.41. The SMILES string of the molecule is C#CC#CC#CC#CC#CC#CC#CC#CC#CC#CC#CC#CCC(=O)N[C@@H](CO[C@H]1OC(CSCC(N)=O)[C@H](O)C(O)[C@@H]1O)[C@H](O)[C@H](O)CCCCCCCCCCCCCC. The third kappa shape index (κ3) is 29.1. The molecule has 64 heavy (non-hydrogen) atoms. The lowest BCUT2D eigenvalue weighted by molar-refractivity contribution is -0.294. The lowest BCUT2D eigenvalue weighted by atomic mass is 9.98. The summed E-state index contributed by atoms with van der Waals surface area (Å²) < 4.78 is 11.4. The molecule has 2 amide bonds. The van der Waals surface area contributed by atoms with Gasteiger partial charge in [0.15, 0.2) is 6.29 Å². The number of unbranched alkanes of at least 4 members (excludes halogenated alkanes) is 11. The van der Waals surface area contributed by atoms with Crippen molar-refractivity contribution in [2.24, 2.45) is 5.73 Å². The van der Waals surface area contributed by atoms with Gasteiger partial charge in [-0.25, -0.2) is 0 Å². The average molecular weight is 883 g/mol. The van der Waals surface area contributed by atoms with Crippen LogP contribution >= 0.6 is 11.8 Å². The predicted octanol–water partition coefficient (Wildman–Crippen LogP) is 1.39. The van der Waals surface area contributed by atoms with E-state index in [0.29, 0.717) is 6.42 Å². The summed E-state index contributed by atoms with van der Waals surface area (Å²) in [5, 5.41) is 56.2. The second-order valence-corrected chi connectivity index (χ2v) is 14.9. The summed E-state index contributed by atoms with van der Waals surface area (Å²) in [4.78, 5) is 24.1. The molecule has 8 N–H and O–H groups in total. The number of aliphatic hydroxyl groups excluding tert-OH is 5. The Morgan fingerprint density at radius 2 is 1.09 bits per heavy atom. The number of terminal acetylenes is 1. The van der Waals surface area contributed by atoms with Crippen LogP contribution in [0.5, 0.6) is 0 Å². The van der Waals surface area contributed by atoms with Crippen LogP contribution < -0.4 is 11.1 Å². The van der Waals surface area contributed by atoms with Gasteiger partial charge >= 0.3 is 0 Å². The first-order valence-electron chi connectivity index (χ1n) is 20.9. The van der Waals surface area contributed by atoms with Crippen molar-refractivity contribution in [1.29, 1.82) is 0 Å². The second kappa shape index (κ2) is 38.4. The maximum absolute atomic E-state index is 12.9. The number of rotatable bonds is 24. The third-order valence-corrected chi connectivity index (χ3v) is 9.85. The molecule has 0 aromatic rings. The van der Waals surface area contributed by atoms with E-state index in [1.54, 1.807) is 0 Å². The number of aliphatic hydroxyl groups is 5. The van der Waals surface area contributed by atoms with Gasteiger partial charge in [0.2, 0.25) is 11.8 Å². The molecule has 0 spiro atoms. The third-order valence-electron chi connectivity index (χ3n) is 8.80. The maximum Gasteiger partial charge on any atom is 0.232 e. The van der Waals surface area contributed by atoms with Crippen molar-refractivity contribution in [3.8, 4) is 143 Å². The smallest absolute Gasteiger partial charge is 0.232 e. The number of hydrogen-bond donors (Lipinski definition) is 7. The fourth-order valence-corrected chi connectivity index (χ4v) is 6.41. The molecule has 1 rings (SSSR count). The van der Waals surface area contributed by atoms with Crippen LogP contribution in [0.3, 0.4) is 0 Å². The molecule has 0 bridgehead atoms. The Balaban J connectivity index is 2.79. The molecule has 1 heterocycles. The number of nitrogens with one attached hydrogen (secondary N) is 1. The zero-order chi connectivity index (χ0) is 46.9. The van der Waals surface area contributed by atoms with Crippen molar-refractivity contribution in [3.63, 3.8) is 0 Å². The standard InChI is InChI=1S/C52H54N2O9S/c1-3-5-7-9-11-13-15-17-18-19-20-21-22-23-24-25-26-27-29-31-33-35-37-39-47(57)54-43(40-62-52-51(61)50(60)49(59)45(63-52)41-64-42-46(53)56)48(58)44(55)38-36-34-32-30-28-16-14-12-10-8-6-4-2/h1,43-45,48-52,55,58-61H,4,6,8,10,12,14,16,28,30,32,34,36,38-42H2,2H3,(H2,53,56)(H,54,57)/t43-,44+,45?,48-,49-,50?,51-,52-/m0/s1. The number of nitrogens with two attached hydrogens (primary N) is 1. The van der Waals surface area contributed by atoms with Crippen LogP contribution in [0.25, 0.3) is 0 Å². The second-order valence-electron chi connectivity index (χ2n) is 13.9. The van der Waals surface area contributed by atoms with Gasteiger partial charge in [0, 0.05) is 41.3 Å². The Labute approximate surface area is 384 Å². The van der Waals surface area contributed by atoms with E-state index in [0.717, 1.165) is 37.4 Å². The lowest BCUT2D eigenvalue weighted by Crippen LogP contribution is -2.60. The number of carbonyl (C=O) groups excluding carboxylic acids is 2. The van der Waals surface area contributed by atoms with Crippen molar-refractivity contribution in [1.82, 2.24) is 5.32 Å². The first-order chi connectivity index (χ1) is 31.1. The van der Waals surface area contributed by atoms with Crippen LogP contribution in [-0.4, -0.2) is 104 Å². The van der Waals surface area contributed by atoms with Gasteiger partial charge in [0.05, 0.1) is 37.0 Å². The summed E-state index contributed by atoms with van der Waals surface area (Å²) in [6.07, 6.45) is 8.55.